The lowest BCUT2D eigenvalue weighted by molar-refractivity contribution is -0.133. The summed E-state index contributed by atoms with van der Waals surface area (Å²) < 4.78 is 25.6. The lowest BCUT2D eigenvalue weighted by Crippen LogP contribution is -2.38. The molecular weight excluding hydrogens is 282 g/mol. The molecule has 106 valence electrons. The van der Waals surface area contributed by atoms with Crippen molar-refractivity contribution in [3.63, 3.8) is 0 Å². The van der Waals surface area contributed by atoms with Crippen LogP contribution in [-0.4, -0.2) is 35.5 Å². The minimum Gasteiger partial charge on any atom is -0.505 e. The minimum atomic E-state index is -4.03. The molecule has 1 aliphatic rings. The van der Waals surface area contributed by atoms with Crippen LogP contribution in [0, 0.1) is 6.92 Å². The Morgan fingerprint density at radius 1 is 1.45 bits per heavy atom. The first-order valence-electron chi connectivity index (χ1n) is 5.72. The maximum absolute atomic E-state index is 12.5. The van der Waals surface area contributed by atoms with Gasteiger partial charge in [0.15, 0.2) is 11.5 Å². The van der Waals surface area contributed by atoms with Crippen LogP contribution in [0.2, 0.25) is 0 Å². The van der Waals surface area contributed by atoms with Crippen molar-refractivity contribution >= 4 is 21.8 Å². The Morgan fingerprint density at radius 3 is 2.65 bits per heavy atom. The van der Waals surface area contributed by atoms with Crippen LogP contribution in [-0.2, 0) is 14.8 Å². The molecule has 1 aromatic carbocycles. The fourth-order valence-corrected chi connectivity index (χ4v) is 3.86. The van der Waals surface area contributed by atoms with Crippen molar-refractivity contribution in [1.82, 2.24) is 4.31 Å². The molecule has 1 aromatic rings. The Kier molecular flexibility index (Phi) is 3.31. The van der Waals surface area contributed by atoms with Crippen LogP contribution in [0.1, 0.15) is 11.1 Å². The Hall–Kier alpha value is -2.28. The van der Waals surface area contributed by atoms with Gasteiger partial charge in [0.05, 0.1) is 11.4 Å². The van der Waals surface area contributed by atoms with Crippen LogP contribution in [0.15, 0.2) is 41.4 Å². The van der Waals surface area contributed by atoms with Crippen molar-refractivity contribution in [3.8, 4) is 0 Å². The predicted molar refractivity (Wildman–Crippen MR) is 72.5 cm³/mol. The van der Waals surface area contributed by atoms with E-state index in [0.29, 0.717) is 9.87 Å². The molecule has 0 aromatic heterocycles. The fraction of sp³-hybridized carbons (Fsp3) is 0.154. The van der Waals surface area contributed by atoms with Crippen LogP contribution in [0.5, 0.6) is 0 Å². The van der Waals surface area contributed by atoms with Gasteiger partial charge >= 0.3 is 5.97 Å². The summed E-state index contributed by atoms with van der Waals surface area (Å²) >= 11 is 0. The molecule has 0 aliphatic carbocycles. The molecule has 20 heavy (non-hydrogen) atoms. The first-order valence-corrected chi connectivity index (χ1v) is 7.16. The normalized spacial score (nSPS) is 16.8. The molecule has 0 unspecified atom stereocenters. The van der Waals surface area contributed by atoms with Crippen molar-refractivity contribution in [2.24, 2.45) is 0 Å². The summed E-state index contributed by atoms with van der Waals surface area (Å²) in [4.78, 5) is 11.2. The highest BCUT2D eigenvalue weighted by Gasteiger charge is 2.40. The number of aliphatic hydroxyl groups is 1. The average molecular weight is 295 g/mol. The third-order valence-electron chi connectivity index (χ3n) is 3.01. The number of nitrogens with zero attached hydrogens (tertiary/aromatic N) is 1. The van der Waals surface area contributed by atoms with Gasteiger partial charge in [-0.1, -0.05) is 18.2 Å². The molecule has 0 spiro atoms. The van der Waals surface area contributed by atoms with Crippen LogP contribution < -0.4 is 0 Å². The van der Waals surface area contributed by atoms with Gasteiger partial charge in [0.25, 0.3) is 10.0 Å². The molecule has 0 saturated heterocycles. The average Bonchev–Trinajstić information content (AvgIpc) is 2.35. The molecule has 6 nitrogen and oxygen atoms in total. The summed E-state index contributed by atoms with van der Waals surface area (Å²) in [5.74, 6) is -2.07. The molecule has 0 amide bonds. The number of carboxylic acids is 1. The largest absolute Gasteiger partial charge is 0.505 e. The van der Waals surface area contributed by atoms with E-state index in [1.54, 1.807) is 13.0 Å². The van der Waals surface area contributed by atoms with E-state index in [-0.39, 0.29) is 17.0 Å². The van der Waals surface area contributed by atoms with Gasteiger partial charge in [0.2, 0.25) is 0 Å². The van der Waals surface area contributed by atoms with Crippen LogP contribution in [0.4, 0.5) is 0 Å². The van der Waals surface area contributed by atoms with E-state index in [9.17, 15) is 23.4 Å². The quantitative estimate of drug-likeness (QED) is 0.824. The Labute approximate surface area is 116 Å². The van der Waals surface area contributed by atoms with Crippen molar-refractivity contribution in [2.45, 2.75) is 11.8 Å². The zero-order valence-corrected chi connectivity index (χ0v) is 11.5. The van der Waals surface area contributed by atoms with Gasteiger partial charge in [0.1, 0.15) is 0 Å². The second kappa shape index (κ2) is 4.68. The molecule has 7 heteroatoms. The minimum absolute atomic E-state index is 0.0326. The standard InChI is InChI=1S/C13H13NO5S/c1-3-7-14-11(13(16)17)12(15)10-8(2)5-4-6-9(10)20(14,18)19/h3-6,15H,1,7H2,2H3,(H,16,17). The van der Waals surface area contributed by atoms with E-state index in [1.807, 2.05) is 0 Å². The highest BCUT2D eigenvalue weighted by atomic mass is 32.2. The van der Waals surface area contributed by atoms with E-state index >= 15 is 0 Å². The second-order valence-electron chi connectivity index (χ2n) is 4.28. The number of carbonyl (C=O) groups is 1. The van der Waals surface area contributed by atoms with Gasteiger partial charge in [-0.15, -0.1) is 6.58 Å². The van der Waals surface area contributed by atoms with Gasteiger partial charge in [-0.05, 0) is 18.6 Å². The van der Waals surface area contributed by atoms with Gasteiger partial charge in [-0.2, -0.15) is 0 Å². The fourth-order valence-electron chi connectivity index (χ4n) is 2.15. The predicted octanol–water partition coefficient (Wildman–Crippen LogP) is 1.50. The molecule has 0 atom stereocenters. The van der Waals surface area contributed by atoms with Gasteiger partial charge < -0.3 is 10.2 Å². The Morgan fingerprint density at radius 2 is 2.10 bits per heavy atom. The van der Waals surface area contributed by atoms with E-state index in [1.165, 1.54) is 18.2 Å². The molecule has 0 bridgehead atoms. The number of hydrogen-bond acceptors (Lipinski definition) is 4. The monoisotopic (exact) mass is 295 g/mol. The SMILES string of the molecule is C=CCN1C(C(=O)O)=C(O)c2c(C)cccc2S1(=O)=O. The first kappa shape index (κ1) is 14.1. The zero-order chi connectivity index (χ0) is 15.1. The first-order chi connectivity index (χ1) is 9.32. The molecule has 2 rings (SSSR count). The number of aryl methyl sites for hydroxylation is 1. The molecule has 0 saturated carbocycles. The van der Waals surface area contributed by atoms with Crippen LogP contribution in [0.3, 0.4) is 0 Å². The smallest absolute Gasteiger partial charge is 0.357 e. The maximum atomic E-state index is 12.5. The van der Waals surface area contributed by atoms with Gasteiger partial charge in [-0.25, -0.2) is 13.2 Å². The number of hydrogen-bond donors (Lipinski definition) is 2. The summed E-state index contributed by atoms with van der Waals surface area (Å²) in [5, 5.41) is 19.4. The van der Waals surface area contributed by atoms with E-state index < -0.39 is 27.4 Å². The summed E-state index contributed by atoms with van der Waals surface area (Å²) in [6.45, 7) is 4.78. The van der Waals surface area contributed by atoms with E-state index in [4.69, 9.17) is 0 Å². The van der Waals surface area contributed by atoms with Crippen molar-refractivity contribution in [1.29, 1.82) is 0 Å². The van der Waals surface area contributed by atoms with Crippen LogP contribution >= 0.6 is 0 Å². The Balaban J connectivity index is 2.90. The lowest BCUT2D eigenvalue weighted by Gasteiger charge is -2.30. The topological polar surface area (TPSA) is 94.9 Å². The highest BCUT2D eigenvalue weighted by molar-refractivity contribution is 7.89. The van der Waals surface area contributed by atoms with Crippen molar-refractivity contribution in [2.75, 3.05) is 6.54 Å². The highest BCUT2D eigenvalue weighted by Crippen LogP contribution is 2.37. The van der Waals surface area contributed by atoms with Gasteiger partial charge in [0, 0.05) is 5.56 Å². The zero-order valence-electron chi connectivity index (χ0n) is 10.7. The molecule has 2 N–H and O–H groups in total. The summed E-state index contributed by atoms with van der Waals surface area (Å²) in [5.41, 5.74) is -0.141. The maximum Gasteiger partial charge on any atom is 0.357 e. The number of aliphatic carboxylic acids is 1. The molecule has 0 fully saturated rings. The summed E-state index contributed by atoms with van der Waals surface area (Å²) in [6, 6.07) is 4.48. The molecule has 1 heterocycles. The molecular formula is C13H13NO5S. The number of rotatable bonds is 3. The van der Waals surface area contributed by atoms with E-state index in [0.717, 1.165) is 0 Å². The van der Waals surface area contributed by atoms with Gasteiger partial charge in [-0.3, -0.25) is 4.31 Å². The lowest BCUT2D eigenvalue weighted by atomic mass is 10.1. The second-order valence-corrected chi connectivity index (χ2v) is 6.11. The third-order valence-corrected chi connectivity index (χ3v) is 4.82. The summed E-state index contributed by atoms with van der Waals surface area (Å²) in [7, 11) is -4.03. The number of aliphatic hydroxyl groups excluding tert-OH is 1. The van der Waals surface area contributed by atoms with Crippen molar-refractivity contribution in [3.05, 3.63) is 47.7 Å². The number of sulfonamides is 1. The number of benzene rings is 1. The van der Waals surface area contributed by atoms with E-state index in [2.05, 4.69) is 6.58 Å². The Bertz CT molecular complexity index is 733. The number of carboxylic acid groups (broad SMARTS) is 1. The van der Waals surface area contributed by atoms with Crippen molar-refractivity contribution < 1.29 is 23.4 Å². The molecule has 1 aliphatic heterocycles. The van der Waals surface area contributed by atoms with Crippen LogP contribution in [0.25, 0.3) is 5.76 Å². The third kappa shape index (κ3) is 1.87. The number of fused-ring (bicyclic) bond motifs is 1. The summed E-state index contributed by atoms with van der Waals surface area (Å²) in [6.07, 6.45) is 1.26. The molecule has 0 radical (unpaired) electrons.